The van der Waals surface area contributed by atoms with Crippen LogP contribution in [0.3, 0.4) is 0 Å². The minimum Gasteiger partial charge on any atom is -0.480 e. The van der Waals surface area contributed by atoms with E-state index in [1.807, 2.05) is 0 Å². The first-order chi connectivity index (χ1) is 13.3. The van der Waals surface area contributed by atoms with E-state index in [0.717, 1.165) is 5.56 Å². The van der Waals surface area contributed by atoms with Crippen LogP contribution in [0.4, 0.5) is 0 Å². The van der Waals surface area contributed by atoms with Gasteiger partial charge < -0.3 is 31.9 Å². The van der Waals surface area contributed by atoms with E-state index in [1.54, 1.807) is 30.3 Å². The topological polar surface area (TPSA) is 171 Å². The summed E-state index contributed by atoms with van der Waals surface area (Å²) in [5, 5.41) is 24.7. The number of rotatable bonds is 11. The highest BCUT2D eigenvalue weighted by molar-refractivity contribution is 7.80. The molecule has 3 atom stereocenters. The second kappa shape index (κ2) is 12.0. The maximum absolute atomic E-state index is 12.5. The van der Waals surface area contributed by atoms with Gasteiger partial charge in [-0.1, -0.05) is 30.3 Å². The number of aliphatic hydroxyl groups is 1. The molecule has 0 aliphatic rings. The molecule has 0 aliphatic heterocycles. The Morgan fingerprint density at radius 2 is 1.61 bits per heavy atom. The van der Waals surface area contributed by atoms with Crippen LogP contribution in [0.2, 0.25) is 0 Å². The first-order valence-electron chi connectivity index (χ1n) is 8.40. The molecule has 28 heavy (non-hydrogen) atoms. The van der Waals surface area contributed by atoms with E-state index in [-0.39, 0.29) is 12.2 Å². The van der Waals surface area contributed by atoms with Gasteiger partial charge in [0.2, 0.25) is 17.7 Å². The number of carbonyl (C=O) groups is 4. The molecule has 0 saturated carbocycles. The fourth-order valence-corrected chi connectivity index (χ4v) is 2.43. The molecule has 0 saturated heterocycles. The van der Waals surface area contributed by atoms with Gasteiger partial charge in [0.15, 0.2) is 0 Å². The van der Waals surface area contributed by atoms with E-state index in [4.69, 9.17) is 15.9 Å². The Balaban J connectivity index is 2.86. The molecule has 0 spiro atoms. The largest absolute Gasteiger partial charge is 0.480 e. The van der Waals surface area contributed by atoms with Gasteiger partial charge in [-0.25, -0.2) is 0 Å². The summed E-state index contributed by atoms with van der Waals surface area (Å²) < 4.78 is 0. The second-order valence-corrected chi connectivity index (χ2v) is 6.26. The molecule has 1 aromatic carbocycles. The van der Waals surface area contributed by atoms with Gasteiger partial charge in [0, 0.05) is 12.2 Å². The van der Waals surface area contributed by atoms with Gasteiger partial charge in [0.25, 0.3) is 0 Å². The lowest BCUT2D eigenvalue weighted by molar-refractivity contribution is -0.138. The van der Waals surface area contributed by atoms with Crippen molar-refractivity contribution in [3.8, 4) is 0 Å². The molecule has 11 heteroatoms. The summed E-state index contributed by atoms with van der Waals surface area (Å²) in [4.78, 5) is 47.3. The fourth-order valence-electron chi connectivity index (χ4n) is 2.17. The third-order valence-corrected chi connectivity index (χ3v) is 4.04. The van der Waals surface area contributed by atoms with Gasteiger partial charge in [0.1, 0.15) is 24.7 Å². The minimum absolute atomic E-state index is 0.0788. The molecule has 0 bridgehead atoms. The van der Waals surface area contributed by atoms with Crippen molar-refractivity contribution in [1.82, 2.24) is 16.0 Å². The molecule has 0 aromatic heterocycles. The van der Waals surface area contributed by atoms with E-state index in [1.165, 1.54) is 0 Å². The summed E-state index contributed by atoms with van der Waals surface area (Å²) in [5.74, 6) is -3.43. The van der Waals surface area contributed by atoms with Crippen molar-refractivity contribution in [2.45, 2.75) is 24.5 Å². The highest BCUT2D eigenvalue weighted by Gasteiger charge is 2.27. The van der Waals surface area contributed by atoms with Crippen LogP contribution in [0, 0.1) is 0 Å². The van der Waals surface area contributed by atoms with Crippen LogP contribution in [0.1, 0.15) is 5.56 Å². The zero-order chi connectivity index (χ0) is 21.1. The average Bonchev–Trinajstić information content (AvgIpc) is 2.69. The van der Waals surface area contributed by atoms with Crippen molar-refractivity contribution in [2.75, 3.05) is 18.9 Å². The van der Waals surface area contributed by atoms with E-state index >= 15 is 0 Å². The first kappa shape index (κ1) is 23.4. The predicted octanol–water partition coefficient (Wildman–Crippen LogP) is -2.35. The lowest BCUT2D eigenvalue weighted by Gasteiger charge is -2.23. The Labute approximate surface area is 167 Å². The van der Waals surface area contributed by atoms with E-state index in [9.17, 15) is 19.2 Å². The van der Waals surface area contributed by atoms with Crippen LogP contribution in [-0.4, -0.2) is 70.9 Å². The smallest absolute Gasteiger partial charge is 0.322 e. The van der Waals surface area contributed by atoms with Crippen molar-refractivity contribution in [1.29, 1.82) is 0 Å². The number of aliphatic carboxylic acids is 1. The molecule has 3 unspecified atom stereocenters. The number of nitrogens with one attached hydrogen (secondary N) is 3. The Bertz CT molecular complexity index is 687. The predicted molar refractivity (Wildman–Crippen MR) is 104 cm³/mol. The summed E-state index contributed by atoms with van der Waals surface area (Å²) in [6.45, 7) is -1.20. The molecule has 0 heterocycles. The molecule has 10 nitrogen and oxygen atoms in total. The SMILES string of the molecule is NC(CO)C(=O)NC(CS)C(=O)NC(Cc1ccccc1)C(=O)NCC(=O)O. The number of carboxylic acid groups (broad SMARTS) is 1. The minimum atomic E-state index is -1.23. The van der Waals surface area contributed by atoms with Gasteiger partial charge in [0.05, 0.1) is 6.61 Å². The zero-order valence-electron chi connectivity index (χ0n) is 15.0. The molecule has 7 N–H and O–H groups in total. The highest BCUT2D eigenvalue weighted by atomic mass is 32.1. The van der Waals surface area contributed by atoms with Gasteiger partial charge in [-0.3, -0.25) is 19.2 Å². The van der Waals surface area contributed by atoms with E-state index in [2.05, 4.69) is 28.6 Å². The van der Waals surface area contributed by atoms with E-state index < -0.39 is 55.0 Å². The van der Waals surface area contributed by atoms with Crippen molar-refractivity contribution >= 4 is 36.3 Å². The van der Waals surface area contributed by atoms with Crippen LogP contribution in [0.15, 0.2) is 30.3 Å². The third-order valence-electron chi connectivity index (χ3n) is 3.68. The Hall–Kier alpha value is -2.63. The molecule has 0 fully saturated rings. The molecule has 1 aromatic rings. The lowest BCUT2D eigenvalue weighted by Crippen LogP contribution is -2.57. The van der Waals surface area contributed by atoms with Gasteiger partial charge in [-0.05, 0) is 5.56 Å². The summed E-state index contributed by atoms with van der Waals surface area (Å²) >= 11 is 4.01. The maximum Gasteiger partial charge on any atom is 0.322 e. The standard InChI is InChI=1S/C17H24N4O6S/c18-11(8-22)15(25)21-13(9-28)17(27)20-12(16(26)19-7-14(23)24)6-10-4-2-1-3-5-10/h1-5,11-13,22,28H,6-9,18H2,(H,19,26)(H,20,27)(H,21,25)(H,23,24). The molecule has 154 valence electrons. The first-order valence-corrected chi connectivity index (χ1v) is 9.03. The Kier molecular flexibility index (Phi) is 9.99. The fraction of sp³-hybridized carbons (Fsp3) is 0.412. The van der Waals surface area contributed by atoms with Crippen molar-refractivity contribution < 1.29 is 29.4 Å². The molecule has 3 amide bonds. The van der Waals surface area contributed by atoms with Crippen LogP contribution in [-0.2, 0) is 25.6 Å². The Morgan fingerprint density at radius 3 is 2.14 bits per heavy atom. The number of aliphatic hydroxyl groups excluding tert-OH is 1. The summed E-state index contributed by atoms with van der Waals surface area (Å²) in [7, 11) is 0. The lowest BCUT2D eigenvalue weighted by atomic mass is 10.0. The number of carbonyl (C=O) groups excluding carboxylic acids is 3. The highest BCUT2D eigenvalue weighted by Crippen LogP contribution is 2.04. The third kappa shape index (κ3) is 7.94. The monoisotopic (exact) mass is 412 g/mol. The summed E-state index contributed by atoms with van der Waals surface area (Å²) in [5.41, 5.74) is 6.14. The molecule has 0 aliphatic carbocycles. The summed E-state index contributed by atoms with van der Waals surface area (Å²) in [6.07, 6.45) is 0.113. The van der Waals surface area contributed by atoms with Crippen LogP contribution >= 0.6 is 12.6 Å². The van der Waals surface area contributed by atoms with Crippen LogP contribution < -0.4 is 21.7 Å². The molecular formula is C17H24N4O6S. The maximum atomic E-state index is 12.5. The Morgan fingerprint density at radius 1 is 1.00 bits per heavy atom. The van der Waals surface area contributed by atoms with Crippen LogP contribution in [0.25, 0.3) is 0 Å². The van der Waals surface area contributed by atoms with Crippen molar-refractivity contribution in [3.63, 3.8) is 0 Å². The molecular weight excluding hydrogens is 388 g/mol. The number of hydrogen-bond acceptors (Lipinski definition) is 7. The molecule has 0 radical (unpaired) electrons. The number of benzene rings is 1. The number of amides is 3. The number of hydrogen-bond donors (Lipinski definition) is 7. The normalized spacial score (nSPS) is 13.7. The van der Waals surface area contributed by atoms with Crippen molar-refractivity contribution in [3.05, 3.63) is 35.9 Å². The average molecular weight is 412 g/mol. The second-order valence-electron chi connectivity index (χ2n) is 5.90. The van der Waals surface area contributed by atoms with Gasteiger partial charge in [-0.15, -0.1) is 0 Å². The zero-order valence-corrected chi connectivity index (χ0v) is 15.9. The number of nitrogens with two attached hydrogens (primary N) is 1. The van der Waals surface area contributed by atoms with Gasteiger partial charge >= 0.3 is 5.97 Å². The van der Waals surface area contributed by atoms with Crippen LogP contribution in [0.5, 0.6) is 0 Å². The number of thiol groups is 1. The van der Waals surface area contributed by atoms with E-state index in [0.29, 0.717) is 0 Å². The number of carboxylic acids is 1. The molecule has 1 rings (SSSR count). The summed E-state index contributed by atoms with van der Waals surface area (Å²) in [6, 6.07) is 5.45. The van der Waals surface area contributed by atoms with Gasteiger partial charge in [-0.2, -0.15) is 12.6 Å². The van der Waals surface area contributed by atoms with Crippen molar-refractivity contribution in [2.24, 2.45) is 5.73 Å². The quantitative estimate of drug-likeness (QED) is 0.199.